The molecular weight excluding hydrogens is 200 g/mol. The number of methoxy groups -OCH3 is 1. The maximum Gasteiger partial charge on any atom is 0.119 e. The summed E-state index contributed by atoms with van der Waals surface area (Å²) < 4.78 is 5.24. The van der Waals surface area contributed by atoms with Crippen molar-refractivity contribution in [3.8, 4) is 5.75 Å². The van der Waals surface area contributed by atoms with Gasteiger partial charge in [0.05, 0.1) is 18.3 Å². The van der Waals surface area contributed by atoms with Crippen molar-refractivity contribution in [2.75, 3.05) is 7.11 Å². The van der Waals surface area contributed by atoms with Crippen molar-refractivity contribution in [2.45, 2.75) is 6.92 Å². The molecule has 1 N–H and O–H groups in total. The molecule has 0 fully saturated rings. The van der Waals surface area contributed by atoms with Crippen molar-refractivity contribution in [1.29, 1.82) is 0 Å². The molecule has 16 heavy (non-hydrogen) atoms. The van der Waals surface area contributed by atoms with Crippen LogP contribution in [0.25, 0.3) is 21.8 Å². The summed E-state index contributed by atoms with van der Waals surface area (Å²) in [4.78, 5) is 7.66. The highest BCUT2D eigenvalue weighted by molar-refractivity contribution is 6.08. The fourth-order valence-electron chi connectivity index (χ4n) is 2.07. The predicted octanol–water partition coefficient (Wildman–Crippen LogP) is 3.03. The molecule has 0 radical (unpaired) electrons. The topological polar surface area (TPSA) is 37.9 Å². The number of H-pyrrole nitrogens is 1. The maximum absolute atomic E-state index is 5.24. The van der Waals surface area contributed by atoms with E-state index < -0.39 is 0 Å². The van der Waals surface area contributed by atoms with Crippen LogP contribution in [0.4, 0.5) is 0 Å². The molecular formula is C13H12N2O. The summed E-state index contributed by atoms with van der Waals surface area (Å²) in [5.41, 5.74) is 3.24. The number of hydrogen-bond donors (Lipinski definition) is 1. The molecule has 2 aromatic heterocycles. The van der Waals surface area contributed by atoms with E-state index in [9.17, 15) is 0 Å². The summed E-state index contributed by atoms with van der Waals surface area (Å²) in [5, 5.41) is 2.38. The Morgan fingerprint density at radius 2 is 2.06 bits per heavy atom. The lowest BCUT2D eigenvalue weighted by Gasteiger charge is -1.98. The number of nitrogens with zero attached hydrogens (tertiary/aromatic N) is 1. The van der Waals surface area contributed by atoms with E-state index in [2.05, 4.69) is 9.97 Å². The van der Waals surface area contributed by atoms with Gasteiger partial charge < -0.3 is 9.72 Å². The Hall–Kier alpha value is -2.03. The number of aromatic amines is 1. The van der Waals surface area contributed by atoms with Gasteiger partial charge in [0.2, 0.25) is 0 Å². The van der Waals surface area contributed by atoms with Crippen molar-refractivity contribution >= 4 is 21.8 Å². The minimum Gasteiger partial charge on any atom is -0.497 e. The number of rotatable bonds is 1. The molecule has 80 valence electrons. The van der Waals surface area contributed by atoms with Crippen molar-refractivity contribution in [3.05, 3.63) is 36.2 Å². The highest BCUT2D eigenvalue weighted by atomic mass is 16.5. The minimum atomic E-state index is 0.878. The molecule has 3 heteroatoms. The molecule has 2 heterocycles. The van der Waals surface area contributed by atoms with Crippen molar-refractivity contribution < 1.29 is 4.74 Å². The number of nitrogens with one attached hydrogen (secondary N) is 1. The Morgan fingerprint density at radius 3 is 2.88 bits per heavy atom. The molecule has 0 amide bonds. The van der Waals surface area contributed by atoms with Gasteiger partial charge in [-0.1, -0.05) is 0 Å². The number of hydrogen-bond acceptors (Lipinski definition) is 2. The van der Waals surface area contributed by atoms with E-state index >= 15 is 0 Å². The Kier molecular flexibility index (Phi) is 1.86. The Balaban J connectivity index is 2.47. The van der Waals surface area contributed by atoms with Crippen molar-refractivity contribution in [2.24, 2.45) is 0 Å². The van der Waals surface area contributed by atoms with Crippen LogP contribution >= 0.6 is 0 Å². The fraction of sp³-hybridized carbons (Fsp3) is 0.154. The van der Waals surface area contributed by atoms with Gasteiger partial charge in [-0.15, -0.1) is 0 Å². The molecule has 0 bridgehead atoms. The molecule has 3 nitrogen and oxygen atoms in total. The number of benzene rings is 1. The number of aryl methyl sites for hydroxylation is 1. The molecule has 0 unspecified atom stereocenters. The maximum atomic E-state index is 5.24. The van der Waals surface area contributed by atoms with Crippen LogP contribution in [-0.2, 0) is 0 Å². The van der Waals surface area contributed by atoms with Crippen LogP contribution in [0.1, 0.15) is 5.69 Å². The Morgan fingerprint density at radius 1 is 1.19 bits per heavy atom. The van der Waals surface area contributed by atoms with Crippen LogP contribution < -0.4 is 4.74 Å². The predicted molar refractivity (Wildman–Crippen MR) is 64.9 cm³/mol. The lowest BCUT2D eigenvalue weighted by molar-refractivity contribution is 0.415. The zero-order chi connectivity index (χ0) is 11.1. The van der Waals surface area contributed by atoms with Gasteiger partial charge in [0.15, 0.2) is 0 Å². The molecule has 0 atom stereocenters. The minimum absolute atomic E-state index is 0.878. The Labute approximate surface area is 93.1 Å². The summed E-state index contributed by atoms with van der Waals surface area (Å²) in [5.74, 6) is 0.878. The first-order valence-electron chi connectivity index (χ1n) is 5.20. The summed E-state index contributed by atoms with van der Waals surface area (Å²) in [6, 6.07) is 8.07. The van der Waals surface area contributed by atoms with Crippen molar-refractivity contribution in [3.63, 3.8) is 0 Å². The van der Waals surface area contributed by atoms with Crippen LogP contribution in [0.2, 0.25) is 0 Å². The lowest BCUT2D eigenvalue weighted by atomic mass is 10.1. The van der Waals surface area contributed by atoms with Gasteiger partial charge in [-0.2, -0.15) is 0 Å². The SMILES string of the molecule is COc1ccc2[nH]c3c(C)nccc3c2c1. The third-order valence-electron chi connectivity index (χ3n) is 2.92. The van der Waals surface area contributed by atoms with Gasteiger partial charge in [-0.25, -0.2) is 0 Å². The van der Waals surface area contributed by atoms with E-state index in [0.29, 0.717) is 0 Å². The van der Waals surface area contributed by atoms with E-state index in [0.717, 1.165) is 22.5 Å². The van der Waals surface area contributed by atoms with Crippen LogP contribution in [0.15, 0.2) is 30.5 Å². The first-order chi connectivity index (χ1) is 7.79. The molecule has 0 saturated heterocycles. The van der Waals surface area contributed by atoms with Crippen LogP contribution in [0.3, 0.4) is 0 Å². The first kappa shape index (κ1) is 9.21. The number of fused-ring (bicyclic) bond motifs is 3. The molecule has 0 aliphatic carbocycles. The van der Waals surface area contributed by atoms with E-state index in [1.165, 1.54) is 10.8 Å². The molecule has 3 aromatic rings. The van der Waals surface area contributed by atoms with Gasteiger partial charge in [0.25, 0.3) is 0 Å². The summed E-state index contributed by atoms with van der Waals surface area (Å²) in [6.45, 7) is 2.01. The first-order valence-corrected chi connectivity index (χ1v) is 5.20. The van der Waals surface area contributed by atoms with Gasteiger partial charge >= 0.3 is 0 Å². The van der Waals surface area contributed by atoms with Gasteiger partial charge in [-0.3, -0.25) is 4.98 Å². The normalized spacial score (nSPS) is 11.1. The Bertz CT molecular complexity index is 670. The monoisotopic (exact) mass is 212 g/mol. The largest absolute Gasteiger partial charge is 0.497 e. The number of aromatic nitrogens is 2. The smallest absolute Gasteiger partial charge is 0.119 e. The van der Waals surface area contributed by atoms with E-state index in [1.54, 1.807) is 7.11 Å². The summed E-state index contributed by atoms with van der Waals surface area (Å²) in [7, 11) is 1.68. The summed E-state index contributed by atoms with van der Waals surface area (Å²) in [6.07, 6.45) is 1.84. The molecule has 1 aromatic carbocycles. The third-order valence-corrected chi connectivity index (χ3v) is 2.92. The van der Waals surface area contributed by atoms with Crippen LogP contribution in [0, 0.1) is 6.92 Å². The molecule has 0 saturated carbocycles. The van der Waals surface area contributed by atoms with Gasteiger partial charge in [0.1, 0.15) is 5.75 Å². The molecule has 0 spiro atoms. The average molecular weight is 212 g/mol. The van der Waals surface area contributed by atoms with Crippen LogP contribution in [-0.4, -0.2) is 17.1 Å². The second kappa shape index (κ2) is 3.23. The van der Waals surface area contributed by atoms with Crippen molar-refractivity contribution in [1.82, 2.24) is 9.97 Å². The second-order valence-corrected chi connectivity index (χ2v) is 3.86. The molecule has 0 aliphatic heterocycles. The highest BCUT2D eigenvalue weighted by Gasteiger charge is 2.07. The van der Waals surface area contributed by atoms with Gasteiger partial charge in [-0.05, 0) is 31.2 Å². The standard InChI is InChI=1S/C13H12N2O/c1-8-13-10(5-6-14-8)11-7-9(16-2)3-4-12(11)15-13/h3-7,15H,1-2H3. The lowest BCUT2D eigenvalue weighted by Crippen LogP contribution is -1.81. The quantitative estimate of drug-likeness (QED) is 0.673. The van der Waals surface area contributed by atoms with E-state index in [-0.39, 0.29) is 0 Å². The second-order valence-electron chi connectivity index (χ2n) is 3.86. The van der Waals surface area contributed by atoms with E-state index in [1.807, 2.05) is 37.4 Å². The van der Waals surface area contributed by atoms with E-state index in [4.69, 9.17) is 4.74 Å². The zero-order valence-electron chi connectivity index (χ0n) is 9.24. The third kappa shape index (κ3) is 1.18. The van der Waals surface area contributed by atoms with Crippen LogP contribution in [0.5, 0.6) is 5.75 Å². The summed E-state index contributed by atoms with van der Waals surface area (Å²) >= 11 is 0. The average Bonchev–Trinajstić information content (AvgIpc) is 2.68. The zero-order valence-corrected chi connectivity index (χ0v) is 9.24. The highest BCUT2D eigenvalue weighted by Crippen LogP contribution is 2.29. The fourth-order valence-corrected chi connectivity index (χ4v) is 2.07. The number of ether oxygens (including phenoxy) is 1. The molecule has 3 rings (SSSR count). The van der Waals surface area contributed by atoms with Gasteiger partial charge in [0, 0.05) is 22.5 Å². The number of pyridine rings is 1. The molecule has 0 aliphatic rings.